The molecule has 2 aromatic rings. The van der Waals surface area contributed by atoms with E-state index in [9.17, 15) is 4.79 Å². The first-order valence-corrected chi connectivity index (χ1v) is 7.05. The summed E-state index contributed by atoms with van der Waals surface area (Å²) in [6.07, 6.45) is 3.29. The van der Waals surface area contributed by atoms with Gasteiger partial charge in [0.2, 0.25) is 5.95 Å². The van der Waals surface area contributed by atoms with Crippen LogP contribution in [0.2, 0.25) is 0 Å². The fraction of sp³-hybridized carbons (Fsp3) is 0.333. The van der Waals surface area contributed by atoms with Crippen molar-refractivity contribution in [3.63, 3.8) is 0 Å². The lowest BCUT2D eigenvalue weighted by atomic mass is 10.3. The van der Waals surface area contributed by atoms with Crippen LogP contribution in [0.3, 0.4) is 0 Å². The monoisotopic (exact) mass is 300 g/mol. The van der Waals surface area contributed by atoms with Crippen LogP contribution >= 0.6 is 0 Å². The van der Waals surface area contributed by atoms with E-state index in [0.717, 1.165) is 12.2 Å². The normalized spacial score (nSPS) is 10.5. The quantitative estimate of drug-likeness (QED) is 0.786. The average Bonchev–Trinajstić information content (AvgIpc) is 2.54. The minimum Gasteiger partial charge on any atom is -0.349 e. The third-order valence-corrected chi connectivity index (χ3v) is 2.89. The Morgan fingerprint density at radius 1 is 1.18 bits per heavy atom. The summed E-state index contributed by atoms with van der Waals surface area (Å²) in [6.45, 7) is 1.86. The van der Waals surface area contributed by atoms with Crippen LogP contribution in [0.5, 0.6) is 0 Å². The van der Waals surface area contributed by atoms with Crippen molar-refractivity contribution in [3.05, 3.63) is 48.0 Å². The molecule has 0 unspecified atom stereocenters. The molecule has 0 bridgehead atoms. The predicted molar refractivity (Wildman–Crippen MR) is 84.5 cm³/mol. The number of likely N-dealkylation sites (N-methyl/N-ethyl adjacent to an activating group) is 1. The number of nitrogens with one attached hydrogen (secondary N) is 2. The molecule has 0 aromatic carbocycles. The number of carbonyl (C=O) groups excluding carboxylic acids is 1. The van der Waals surface area contributed by atoms with Gasteiger partial charge in [0, 0.05) is 25.5 Å². The van der Waals surface area contributed by atoms with Crippen LogP contribution in [0.15, 0.2) is 36.7 Å². The molecule has 0 atom stereocenters. The van der Waals surface area contributed by atoms with Gasteiger partial charge in [-0.2, -0.15) is 0 Å². The molecule has 0 spiro atoms. The van der Waals surface area contributed by atoms with Crippen LogP contribution in [0, 0.1) is 0 Å². The molecule has 2 N–H and O–H groups in total. The summed E-state index contributed by atoms with van der Waals surface area (Å²) in [4.78, 5) is 26.5. The fourth-order valence-electron chi connectivity index (χ4n) is 1.73. The summed E-state index contributed by atoms with van der Waals surface area (Å²) in [5.74, 6) is 0.205. The number of nitrogens with zero attached hydrogens (tertiary/aromatic N) is 4. The lowest BCUT2D eigenvalue weighted by Gasteiger charge is -2.10. The molecule has 0 aliphatic rings. The topological polar surface area (TPSA) is 83.0 Å². The standard InChI is InChI=1S/C15H20N6O/c1-21(2)10-9-17-14(22)13-6-8-18-15(20-13)19-11-12-5-3-4-7-16-12/h3-8H,9-11H2,1-2H3,(H,17,22)(H,18,19,20). The molecular formula is C15H20N6O. The van der Waals surface area contributed by atoms with Crippen LogP contribution < -0.4 is 10.6 Å². The van der Waals surface area contributed by atoms with Crippen LogP contribution in [-0.4, -0.2) is 52.9 Å². The summed E-state index contributed by atoms with van der Waals surface area (Å²) in [5.41, 5.74) is 1.23. The van der Waals surface area contributed by atoms with Gasteiger partial charge in [-0.05, 0) is 32.3 Å². The van der Waals surface area contributed by atoms with Gasteiger partial charge in [-0.15, -0.1) is 0 Å². The molecule has 2 heterocycles. The van der Waals surface area contributed by atoms with Crippen molar-refractivity contribution in [2.24, 2.45) is 0 Å². The molecule has 0 saturated carbocycles. The Morgan fingerprint density at radius 3 is 2.77 bits per heavy atom. The number of amides is 1. The molecule has 116 valence electrons. The summed E-state index contributed by atoms with van der Waals surface area (Å²) < 4.78 is 0. The van der Waals surface area contributed by atoms with Crippen molar-refractivity contribution in [3.8, 4) is 0 Å². The zero-order chi connectivity index (χ0) is 15.8. The molecule has 0 fully saturated rings. The van der Waals surface area contributed by atoms with E-state index in [-0.39, 0.29) is 5.91 Å². The first-order valence-electron chi connectivity index (χ1n) is 7.05. The van der Waals surface area contributed by atoms with Crippen LogP contribution in [0.1, 0.15) is 16.2 Å². The first-order chi connectivity index (χ1) is 10.6. The Bertz CT molecular complexity index is 602. The average molecular weight is 300 g/mol. The molecule has 0 aliphatic carbocycles. The predicted octanol–water partition coefficient (Wildman–Crippen LogP) is 0.775. The van der Waals surface area contributed by atoms with Crippen molar-refractivity contribution in [2.75, 3.05) is 32.5 Å². The molecule has 0 saturated heterocycles. The van der Waals surface area contributed by atoms with Crippen molar-refractivity contribution in [2.45, 2.75) is 6.54 Å². The van der Waals surface area contributed by atoms with E-state index >= 15 is 0 Å². The summed E-state index contributed by atoms with van der Waals surface area (Å²) >= 11 is 0. The van der Waals surface area contributed by atoms with Gasteiger partial charge in [-0.25, -0.2) is 9.97 Å². The van der Waals surface area contributed by atoms with E-state index in [1.807, 2.05) is 37.2 Å². The Labute approximate surface area is 129 Å². The Balaban J connectivity index is 1.90. The van der Waals surface area contributed by atoms with E-state index in [1.165, 1.54) is 0 Å². The van der Waals surface area contributed by atoms with Gasteiger partial charge in [-0.3, -0.25) is 9.78 Å². The lowest BCUT2D eigenvalue weighted by molar-refractivity contribution is 0.0946. The lowest BCUT2D eigenvalue weighted by Crippen LogP contribution is -2.31. The maximum atomic E-state index is 12.0. The Morgan fingerprint density at radius 2 is 2.05 bits per heavy atom. The third-order valence-electron chi connectivity index (χ3n) is 2.89. The molecule has 2 rings (SSSR count). The van der Waals surface area contributed by atoms with Gasteiger partial charge in [0.1, 0.15) is 5.69 Å². The van der Waals surface area contributed by atoms with Gasteiger partial charge < -0.3 is 15.5 Å². The van der Waals surface area contributed by atoms with Crippen molar-refractivity contribution in [1.82, 2.24) is 25.2 Å². The van der Waals surface area contributed by atoms with Crippen LogP contribution in [0.4, 0.5) is 5.95 Å². The second-order valence-electron chi connectivity index (χ2n) is 5.00. The van der Waals surface area contributed by atoms with Crippen molar-refractivity contribution >= 4 is 11.9 Å². The molecular weight excluding hydrogens is 280 g/mol. The fourth-order valence-corrected chi connectivity index (χ4v) is 1.73. The second kappa shape index (κ2) is 8.04. The maximum absolute atomic E-state index is 12.0. The highest BCUT2D eigenvalue weighted by Gasteiger charge is 2.08. The van der Waals surface area contributed by atoms with Gasteiger partial charge in [0.25, 0.3) is 5.91 Å². The summed E-state index contributed by atoms with van der Waals surface area (Å²) in [7, 11) is 3.91. The first kappa shape index (κ1) is 15.8. The van der Waals surface area contributed by atoms with Crippen molar-refractivity contribution < 1.29 is 4.79 Å². The molecule has 7 nitrogen and oxygen atoms in total. The molecule has 7 heteroatoms. The SMILES string of the molecule is CN(C)CCNC(=O)c1ccnc(NCc2ccccn2)n1. The Kier molecular flexibility index (Phi) is 5.79. The molecule has 0 aliphatic heterocycles. The molecule has 1 amide bonds. The van der Waals surface area contributed by atoms with E-state index in [0.29, 0.717) is 24.7 Å². The van der Waals surface area contributed by atoms with Gasteiger partial charge in [-0.1, -0.05) is 6.07 Å². The number of anilines is 1. The Hall–Kier alpha value is -2.54. The number of carbonyl (C=O) groups is 1. The number of rotatable bonds is 7. The number of pyridine rings is 1. The molecule has 2 aromatic heterocycles. The number of aromatic nitrogens is 3. The van der Waals surface area contributed by atoms with Crippen LogP contribution in [-0.2, 0) is 6.54 Å². The number of hydrogen-bond donors (Lipinski definition) is 2. The van der Waals surface area contributed by atoms with Crippen molar-refractivity contribution in [1.29, 1.82) is 0 Å². The minimum atomic E-state index is -0.204. The van der Waals surface area contributed by atoms with Gasteiger partial charge in [0.05, 0.1) is 12.2 Å². The molecule has 22 heavy (non-hydrogen) atoms. The van der Waals surface area contributed by atoms with Gasteiger partial charge >= 0.3 is 0 Å². The second-order valence-corrected chi connectivity index (χ2v) is 5.00. The van der Waals surface area contributed by atoms with E-state index in [2.05, 4.69) is 25.6 Å². The summed E-state index contributed by atoms with van der Waals surface area (Å²) in [6, 6.07) is 7.28. The summed E-state index contributed by atoms with van der Waals surface area (Å²) in [5, 5.41) is 5.88. The minimum absolute atomic E-state index is 0.204. The largest absolute Gasteiger partial charge is 0.349 e. The maximum Gasteiger partial charge on any atom is 0.270 e. The third kappa shape index (κ3) is 5.10. The van der Waals surface area contributed by atoms with E-state index in [1.54, 1.807) is 18.5 Å². The van der Waals surface area contributed by atoms with E-state index in [4.69, 9.17) is 0 Å². The van der Waals surface area contributed by atoms with Crippen LogP contribution in [0.25, 0.3) is 0 Å². The van der Waals surface area contributed by atoms with E-state index < -0.39 is 0 Å². The smallest absolute Gasteiger partial charge is 0.270 e. The van der Waals surface area contributed by atoms with Gasteiger partial charge in [0.15, 0.2) is 0 Å². The zero-order valence-electron chi connectivity index (χ0n) is 12.8. The molecule has 0 radical (unpaired) electrons. The zero-order valence-corrected chi connectivity index (χ0v) is 12.8. The highest BCUT2D eigenvalue weighted by atomic mass is 16.1. The highest BCUT2D eigenvalue weighted by molar-refractivity contribution is 5.92. The number of hydrogen-bond acceptors (Lipinski definition) is 6. The highest BCUT2D eigenvalue weighted by Crippen LogP contribution is 2.03.